The lowest BCUT2D eigenvalue weighted by molar-refractivity contribution is 0.530. The number of thiazole rings is 1. The van der Waals surface area contributed by atoms with E-state index in [9.17, 15) is 4.39 Å². The van der Waals surface area contributed by atoms with E-state index >= 15 is 0 Å². The van der Waals surface area contributed by atoms with Gasteiger partial charge in [-0.1, -0.05) is 25.1 Å². The van der Waals surface area contributed by atoms with Gasteiger partial charge in [0.1, 0.15) is 5.82 Å². The minimum absolute atomic E-state index is 0.00150. The van der Waals surface area contributed by atoms with E-state index < -0.39 is 0 Å². The molecule has 0 aliphatic heterocycles. The van der Waals surface area contributed by atoms with E-state index in [1.54, 1.807) is 17.4 Å². The average molecular weight is 264 g/mol. The van der Waals surface area contributed by atoms with Gasteiger partial charge >= 0.3 is 0 Å². The summed E-state index contributed by atoms with van der Waals surface area (Å²) in [5.74, 6) is -0.156. The Morgan fingerprint density at radius 1 is 1.39 bits per heavy atom. The van der Waals surface area contributed by atoms with E-state index in [1.807, 2.05) is 25.3 Å². The molecule has 0 amide bonds. The first kappa shape index (κ1) is 13.2. The third-order valence-electron chi connectivity index (χ3n) is 2.86. The molecule has 96 valence electrons. The second-order valence-corrected chi connectivity index (χ2v) is 5.40. The van der Waals surface area contributed by atoms with Crippen LogP contribution >= 0.6 is 11.3 Å². The molecule has 0 aliphatic carbocycles. The second kappa shape index (κ2) is 6.07. The Kier molecular flexibility index (Phi) is 4.44. The number of rotatable bonds is 5. The highest BCUT2D eigenvalue weighted by molar-refractivity contribution is 7.11. The van der Waals surface area contributed by atoms with Crippen molar-refractivity contribution in [3.8, 4) is 0 Å². The molecule has 1 heterocycles. The van der Waals surface area contributed by atoms with Crippen LogP contribution in [0.25, 0.3) is 0 Å². The number of nitrogens with one attached hydrogen (secondary N) is 1. The lowest BCUT2D eigenvalue weighted by Gasteiger charge is -2.14. The summed E-state index contributed by atoms with van der Waals surface area (Å²) in [5.41, 5.74) is 0.706. The van der Waals surface area contributed by atoms with Crippen molar-refractivity contribution in [3.05, 3.63) is 51.7 Å². The molecule has 1 aromatic heterocycles. The molecule has 2 aromatic rings. The zero-order chi connectivity index (χ0) is 13.0. The Morgan fingerprint density at radius 3 is 2.83 bits per heavy atom. The predicted octanol–water partition coefficient (Wildman–Crippen LogP) is 3.70. The van der Waals surface area contributed by atoms with Crippen molar-refractivity contribution in [2.75, 3.05) is 0 Å². The van der Waals surface area contributed by atoms with Crippen LogP contribution in [0, 0.1) is 5.82 Å². The summed E-state index contributed by atoms with van der Waals surface area (Å²) in [5, 5.41) is 4.47. The Labute approximate surface area is 111 Å². The largest absolute Gasteiger partial charge is 0.305 e. The van der Waals surface area contributed by atoms with Crippen LogP contribution in [0.3, 0.4) is 0 Å². The van der Waals surface area contributed by atoms with Crippen molar-refractivity contribution < 1.29 is 4.39 Å². The Bertz CT molecular complexity index is 510. The molecule has 2 nitrogen and oxygen atoms in total. The Hall–Kier alpha value is -1.26. The van der Waals surface area contributed by atoms with Crippen LogP contribution in [0.5, 0.6) is 0 Å². The molecular weight excluding hydrogens is 247 g/mol. The zero-order valence-corrected chi connectivity index (χ0v) is 11.4. The molecule has 1 aromatic carbocycles. The minimum atomic E-state index is -0.156. The van der Waals surface area contributed by atoms with Crippen LogP contribution in [0.2, 0.25) is 0 Å². The molecule has 2 rings (SSSR count). The number of benzene rings is 1. The van der Waals surface area contributed by atoms with Crippen molar-refractivity contribution >= 4 is 11.3 Å². The monoisotopic (exact) mass is 264 g/mol. The molecule has 0 saturated carbocycles. The van der Waals surface area contributed by atoms with Gasteiger partial charge in [0.2, 0.25) is 0 Å². The highest BCUT2D eigenvalue weighted by Gasteiger charge is 2.10. The van der Waals surface area contributed by atoms with E-state index in [-0.39, 0.29) is 11.9 Å². The quantitative estimate of drug-likeness (QED) is 0.890. The molecule has 18 heavy (non-hydrogen) atoms. The summed E-state index contributed by atoms with van der Waals surface area (Å²) in [4.78, 5) is 5.50. The zero-order valence-electron chi connectivity index (χ0n) is 10.6. The summed E-state index contributed by atoms with van der Waals surface area (Å²) in [6.45, 7) is 4.80. The van der Waals surface area contributed by atoms with Crippen molar-refractivity contribution in [3.63, 3.8) is 0 Å². The molecule has 0 fully saturated rings. The maximum atomic E-state index is 13.6. The standard InChI is InChI=1S/C14H17FN2S/c1-3-14-17-9-11(18-14)8-16-10(2)12-6-4-5-7-13(12)15/h4-7,9-10,16H,3,8H2,1-2H3/t10-/m1/s1. The van der Waals surface area contributed by atoms with E-state index in [0.29, 0.717) is 5.56 Å². The maximum Gasteiger partial charge on any atom is 0.127 e. The molecule has 4 heteroatoms. The fourth-order valence-electron chi connectivity index (χ4n) is 1.78. The van der Waals surface area contributed by atoms with Gasteiger partial charge in [-0.15, -0.1) is 11.3 Å². The number of nitrogens with zero attached hydrogens (tertiary/aromatic N) is 1. The van der Waals surface area contributed by atoms with E-state index in [4.69, 9.17) is 0 Å². The van der Waals surface area contributed by atoms with Crippen molar-refractivity contribution in [2.24, 2.45) is 0 Å². The van der Waals surface area contributed by atoms with E-state index in [0.717, 1.165) is 18.0 Å². The summed E-state index contributed by atoms with van der Waals surface area (Å²) < 4.78 is 13.6. The highest BCUT2D eigenvalue weighted by Crippen LogP contribution is 2.18. The predicted molar refractivity (Wildman–Crippen MR) is 73.1 cm³/mol. The summed E-state index contributed by atoms with van der Waals surface area (Å²) >= 11 is 1.71. The summed E-state index contributed by atoms with van der Waals surface area (Å²) in [6.07, 6.45) is 2.86. The van der Waals surface area contributed by atoms with Gasteiger partial charge in [0, 0.05) is 29.2 Å². The molecule has 0 unspecified atom stereocenters. The number of aromatic nitrogens is 1. The van der Waals surface area contributed by atoms with Crippen LogP contribution < -0.4 is 5.32 Å². The lowest BCUT2D eigenvalue weighted by Crippen LogP contribution is -2.18. The van der Waals surface area contributed by atoms with Gasteiger partial charge in [-0.3, -0.25) is 0 Å². The average Bonchev–Trinajstić information content (AvgIpc) is 2.84. The highest BCUT2D eigenvalue weighted by atomic mass is 32.1. The molecule has 0 bridgehead atoms. The van der Waals surface area contributed by atoms with Gasteiger partial charge in [0.05, 0.1) is 5.01 Å². The van der Waals surface area contributed by atoms with Gasteiger partial charge < -0.3 is 5.32 Å². The van der Waals surface area contributed by atoms with Gasteiger partial charge in [0.25, 0.3) is 0 Å². The number of hydrogen-bond donors (Lipinski definition) is 1. The van der Waals surface area contributed by atoms with Gasteiger partial charge in [-0.05, 0) is 19.4 Å². The van der Waals surface area contributed by atoms with Crippen LogP contribution in [0.4, 0.5) is 4.39 Å². The first-order valence-corrected chi connectivity index (χ1v) is 6.93. The molecule has 0 aliphatic rings. The van der Waals surface area contributed by atoms with Gasteiger partial charge in [-0.2, -0.15) is 0 Å². The molecule has 1 atom stereocenters. The first-order valence-electron chi connectivity index (χ1n) is 6.12. The molecule has 1 N–H and O–H groups in total. The van der Waals surface area contributed by atoms with Gasteiger partial charge in [0.15, 0.2) is 0 Å². The van der Waals surface area contributed by atoms with Crippen molar-refractivity contribution in [1.29, 1.82) is 0 Å². The fourth-order valence-corrected chi connectivity index (χ4v) is 2.60. The minimum Gasteiger partial charge on any atom is -0.305 e. The third-order valence-corrected chi connectivity index (χ3v) is 4.00. The van der Waals surface area contributed by atoms with Crippen molar-refractivity contribution in [1.82, 2.24) is 10.3 Å². The van der Waals surface area contributed by atoms with Crippen LogP contribution in [0.1, 0.15) is 35.3 Å². The molecule has 0 radical (unpaired) electrons. The molecular formula is C14H17FN2S. The first-order chi connectivity index (χ1) is 8.70. The summed E-state index contributed by atoms with van der Waals surface area (Å²) in [6, 6.07) is 6.88. The fraction of sp³-hybridized carbons (Fsp3) is 0.357. The second-order valence-electron chi connectivity index (χ2n) is 4.20. The third kappa shape index (κ3) is 3.15. The van der Waals surface area contributed by atoms with Crippen LogP contribution in [-0.4, -0.2) is 4.98 Å². The van der Waals surface area contributed by atoms with Crippen LogP contribution in [-0.2, 0) is 13.0 Å². The normalized spacial score (nSPS) is 12.6. The molecule has 0 spiro atoms. The SMILES string of the molecule is CCc1ncc(CN[C@H](C)c2ccccc2F)s1. The lowest BCUT2D eigenvalue weighted by atomic mass is 10.1. The smallest absolute Gasteiger partial charge is 0.127 e. The Balaban J connectivity index is 1.96. The maximum absolute atomic E-state index is 13.6. The topological polar surface area (TPSA) is 24.9 Å². The number of aryl methyl sites for hydroxylation is 1. The molecule has 0 saturated heterocycles. The Morgan fingerprint density at radius 2 is 2.17 bits per heavy atom. The van der Waals surface area contributed by atoms with Crippen molar-refractivity contribution in [2.45, 2.75) is 32.9 Å². The van der Waals surface area contributed by atoms with E-state index in [1.165, 1.54) is 10.9 Å². The van der Waals surface area contributed by atoms with E-state index in [2.05, 4.69) is 17.2 Å². The summed E-state index contributed by atoms with van der Waals surface area (Å²) in [7, 11) is 0. The number of halogens is 1. The van der Waals surface area contributed by atoms with Gasteiger partial charge in [-0.25, -0.2) is 9.37 Å². The number of hydrogen-bond acceptors (Lipinski definition) is 3. The van der Waals surface area contributed by atoms with Crippen LogP contribution in [0.15, 0.2) is 30.5 Å².